The minimum absolute atomic E-state index is 0.0229. The molecule has 1 atom stereocenters. The van der Waals surface area contributed by atoms with E-state index in [9.17, 15) is 19.1 Å². The van der Waals surface area contributed by atoms with Crippen molar-refractivity contribution in [3.05, 3.63) is 81.5 Å². The van der Waals surface area contributed by atoms with Gasteiger partial charge in [0.05, 0.1) is 11.6 Å². The standard InChI is InChI=1S/C24H22BrFN2O4/c1-27(2)10-3-11-28-21(14-4-7-17(26)8-5-14)20(23(30)24(28)31)22(29)19-13-15-12-16(25)6-9-18(15)32-19/h4-9,12-13,21,30H,3,10-11H2,1-2H3. The molecule has 0 aliphatic carbocycles. The Labute approximate surface area is 193 Å². The first-order valence-corrected chi connectivity index (χ1v) is 10.9. The fourth-order valence-corrected chi connectivity index (χ4v) is 4.30. The Balaban J connectivity index is 1.74. The van der Waals surface area contributed by atoms with E-state index in [2.05, 4.69) is 15.9 Å². The van der Waals surface area contributed by atoms with Crippen molar-refractivity contribution in [1.82, 2.24) is 9.80 Å². The smallest absolute Gasteiger partial charge is 0.290 e. The van der Waals surface area contributed by atoms with Gasteiger partial charge in [-0.1, -0.05) is 28.1 Å². The lowest BCUT2D eigenvalue weighted by atomic mass is 9.95. The monoisotopic (exact) mass is 500 g/mol. The molecular formula is C24H22BrFN2O4. The summed E-state index contributed by atoms with van der Waals surface area (Å²) in [4.78, 5) is 29.8. The predicted octanol–water partition coefficient (Wildman–Crippen LogP) is 4.86. The van der Waals surface area contributed by atoms with E-state index in [1.807, 2.05) is 25.1 Å². The molecule has 0 radical (unpaired) electrons. The third-order valence-corrected chi connectivity index (χ3v) is 5.93. The fraction of sp³-hybridized carbons (Fsp3) is 0.250. The lowest BCUT2D eigenvalue weighted by Crippen LogP contribution is -2.33. The second kappa shape index (κ2) is 8.88. The van der Waals surface area contributed by atoms with Crippen LogP contribution in [0.15, 0.2) is 68.8 Å². The van der Waals surface area contributed by atoms with Gasteiger partial charge in [0.25, 0.3) is 5.91 Å². The highest BCUT2D eigenvalue weighted by molar-refractivity contribution is 9.10. The van der Waals surface area contributed by atoms with Gasteiger partial charge in [-0.2, -0.15) is 0 Å². The largest absolute Gasteiger partial charge is 0.503 e. The summed E-state index contributed by atoms with van der Waals surface area (Å²) < 4.78 is 20.1. The van der Waals surface area contributed by atoms with E-state index in [4.69, 9.17) is 4.42 Å². The molecule has 1 aromatic heterocycles. The number of hydrogen-bond donors (Lipinski definition) is 1. The van der Waals surface area contributed by atoms with Crippen LogP contribution in [-0.2, 0) is 4.79 Å². The quantitative estimate of drug-likeness (QED) is 0.468. The number of rotatable bonds is 7. The Morgan fingerprint density at radius 3 is 2.59 bits per heavy atom. The third-order valence-electron chi connectivity index (χ3n) is 5.44. The number of nitrogens with zero attached hydrogens (tertiary/aromatic N) is 2. The number of hydrogen-bond acceptors (Lipinski definition) is 5. The topological polar surface area (TPSA) is 74.0 Å². The average molecular weight is 501 g/mol. The number of amides is 1. The van der Waals surface area contributed by atoms with Crippen LogP contribution >= 0.6 is 15.9 Å². The summed E-state index contributed by atoms with van der Waals surface area (Å²) >= 11 is 3.39. The van der Waals surface area contributed by atoms with Gasteiger partial charge in [0.15, 0.2) is 11.5 Å². The summed E-state index contributed by atoms with van der Waals surface area (Å²) in [5.74, 6) is -2.21. The van der Waals surface area contributed by atoms with Crippen LogP contribution in [0.4, 0.5) is 4.39 Å². The van der Waals surface area contributed by atoms with Gasteiger partial charge in [0, 0.05) is 16.4 Å². The Kier molecular flexibility index (Phi) is 6.17. The second-order valence-electron chi connectivity index (χ2n) is 7.99. The molecular weight excluding hydrogens is 479 g/mol. The molecule has 32 heavy (non-hydrogen) atoms. The number of carbonyl (C=O) groups excluding carboxylic acids is 2. The van der Waals surface area contributed by atoms with Gasteiger partial charge in [-0.25, -0.2) is 4.39 Å². The molecule has 1 aliphatic rings. The number of ketones is 1. The van der Waals surface area contributed by atoms with E-state index in [-0.39, 0.29) is 11.3 Å². The number of fused-ring (bicyclic) bond motifs is 1. The van der Waals surface area contributed by atoms with Crippen LogP contribution in [0.25, 0.3) is 11.0 Å². The van der Waals surface area contributed by atoms with Gasteiger partial charge in [-0.05, 0) is 69.0 Å². The first-order valence-electron chi connectivity index (χ1n) is 10.1. The van der Waals surface area contributed by atoms with Crippen molar-refractivity contribution < 1.29 is 23.5 Å². The molecule has 4 rings (SSSR count). The molecule has 6 nitrogen and oxygen atoms in total. The SMILES string of the molecule is CN(C)CCCN1C(=O)C(O)=C(C(=O)c2cc3cc(Br)ccc3o2)C1c1ccc(F)cc1. The maximum atomic E-state index is 13.6. The minimum atomic E-state index is -0.835. The van der Waals surface area contributed by atoms with Gasteiger partial charge < -0.3 is 19.3 Å². The summed E-state index contributed by atoms with van der Waals surface area (Å²) in [6, 6.07) is 11.7. The van der Waals surface area contributed by atoms with Gasteiger partial charge in [0.2, 0.25) is 5.78 Å². The molecule has 1 unspecified atom stereocenters. The lowest BCUT2D eigenvalue weighted by Gasteiger charge is -2.27. The first kappa shape index (κ1) is 22.2. The van der Waals surface area contributed by atoms with Crippen LogP contribution in [0, 0.1) is 5.82 Å². The van der Waals surface area contributed by atoms with E-state index >= 15 is 0 Å². The number of halogens is 2. The maximum Gasteiger partial charge on any atom is 0.290 e. The number of aliphatic hydroxyl groups is 1. The number of benzene rings is 2. The zero-order chi connectivity index (χ0) is 23.0. The van der Waals surface area contributed by atoms with Crippen molar-refractivity contribution in [2.75, 3.05) is 27.2 Å². The Morgan fingerprint density at radius 2 is 1.91 bits per heavy atom. The van der Waals surface area contributed by atoms with Crippen LogP contribution in [-0.4, -0.2) is 53.8 Å². The molecule has 1 aliphatic heterocycles. The van der Waals surface area contributed by atoms with Crippen LogP contribution in [0.5, 0.6) is 0 Å². The van der Waals surface area contributed by atoms with Crippen LogP contribution < -0.4 is 0 Å². The highest BCUT2D eigenvalue weighted by atomic mass is 79.9. The van der Waals surface area contributed by atoms with Gasteiger partial charge in [-0.3, -0.25) is 9.59 Å². The maximum absolute atomic E-state index is 13.6. The van der Waals surface area contributed by atoms with Crippen LogP contribution in [0.2, 0.25) is 0 Å². The van der Waals surface area contributed by atoms with Gasteiger partial charge in [-0.15, -0.1) is 0 Å². The van der Waals surface area contributed by atoms with E-state index in [1.54, 1.807) is 18.2 Å². The molecule has 1 amide bonds. The average Bonchev–Trinajstić information content (AvgIpc) is 3.27. The number of aliphatic hydroxyl groups excluding tert-OH is 1. The van der Waals surface area contributed by atoms with E-state index < -0.39 is 29.3 Å². The molecule has 8 heteroatoms. The zero-order valence-electron chi connectivity index (χ0n) is 17.6. The molecule has 2 aromatic carbocycles. The Hall–Kier alpha value is -2.97. The molecule has 0 saturated heterocycles. The third kappa shape index (κ3) is 4.20. The molecule has 3 aromatic rings. The van der Waals surface area contributed by atoms with Crippen molar-refractivity contribution in [2.24, 2.45) is 0 Å². The first-order chi connectivity index (χ1) is 15.3. The molecule has 166 valence electrons. The van der Waals surface area contributed by atoms with Crippen LogP contribution in [0.1, 0.15) is 28.6 Å². The van der Waals surface area contributed by atoms with Gasteiger partial charge >= 0.3 is 0 Å². The van der Waals surface area contributed by atoms with Crippen molar-refractivity contribution in [1.29, 1.82) is 0 Å². The Bertz CT molecular complexity index is 1220. The summed E-state index contributed by atoms with van der Waals surface area (Å²) in [5, 5.41) is 11.4. The molecule has 0 fully saturated rings. The molecule has 0 spiro atoms. The van der Waals surface area contributed by atoms with Crippen molar-refractivity contribution >= 4 is 38.6 Å². The molecule has 0 saturated carbocycles. The van der Waals surface area contributed by atoms with Crippen LogP contribution in [0.3, 0.4) is 0 Å². The number of Topliss-reactive ketones (excluding diaryl/α,β-unsaturated/α-hetero) is 1. The molecule has 0 bridgehead atoms. The minimum Gasteiger partial charge on any atom is -0.503 e. The number of carbonyl (C=O) groups is 2. The normalized spacial score (nSPS) is 16.6. The summed E-state index contributed by atoms with van der Waals surface area (Å²) in [5.41, 5.74) is 0.988. The Morgan fingerprint density at radius 1 is 1.19 bits per heavy atom. The molecule has 1 N–H and O–H groups in total. The second-order valence-corrected chi connectivity index (χ2v) is 8.91. The molecule has 2 heterocycles. The van der Waals surface area contributed by atoms with Crippen molar-refractivity contribution in [3.8, 4) is 0 Å². The highest BCUT2D eigenvalue weighted by Crippen LogP contribution is 2.39. The fourth-order valence-electron chi connectivity index (χ4n) is 3.92. The van der Waals surface area contributed by atoms with Crippen molar-refractivity contribution in [3.63, 3.8) is 0 Å². The zero-order valence-corrected chi connectivity index (χ0v) is 19.2. The predicted molar refractivity (Wildman–Crippen MR) is 122 cm³/mol. The summed E-state index contributed by atoms with van der Waals surface area (Å²) in [6.07, 6.45) is 0.643. The van der Waals surface area contributed by atoms with Gasteiger partial charge in [0.1, 0.15) is 11.4 Å². The van der Waals surface area contributed by atoms with Crippen molar-refractivity contribution in [2.45, 2.75) is 12.5 Å². The summed E-state index contributed by atoms with van der Waals surface area (Å²) in [6.45, 7) is 1.05. The number of furan rings is 1. The van der Waals surface area contributed by atoms with E-state index in [0.717, 1.165) is 11.0 Å². The lowest BCUT2D eigenvalue weighted by molar-refractivity contribution is -0.129. The van der Waals surface area contributed by atoms with E-state index in [0.29, 0.717) is 29.5 Å². The highest BCUT2D eigenvalue weighted by Gasteiger charge is 2.44. The summed E-state index contributed by atoms with van der Waals surface area (Å²) in [7, 11) is 3.85. The van der Waals surface area contributed by atoms with E-state index in [1.165, 1.54) is 29.2 Å².